The van der Waals surface area contributed by atoms with Gasteiger partial charge in [0.2, 0.25) is 6.79 Å². The second-order valence-corrected chi connectivity index (χ2v) is 7.33. The van der Waals surface area contributed by atoms with E-state index >= 15 is 0 Å². The molecule has 0 aliphatic carbocycles. The minimum Gasteiger partial charge on any atom is -0.459 e. The summed E-state index contributed by atoms with van der Waals surface area (Å²) in [6.07, 6.45) is 1.67. The van der Waals surface area contributed by atoms with Crippen LogP contribution in [0.2, 0.25) is 0 Å². The number of hydrogen-bond acceptors (Lipinski definition) is 6. The van der Waals surface area contributed by atoms with Gasteiger partial charge in [-0.15, -0.1) is 0 Å². The minimum absolute atomic E-state index is 0.206. The Balaban J connectivity index is 1.30. The van der Waals surface area contributed by atoms with Crippen molar-refractivity contribution in [3.05, 3.63) is 83.6 Å². The number of carbonyl (C=O) groups excluding carboxylic acids is 1. The quantitative estimate of drug-likeness (QED) is 0.601. The van der Waals surface area contributed by atoms with Crippen LogP contribution in [0.5, 0.6) is 11.5 Å². The largest absolute Gasteiger partial charge is 0.459 e. The summed E-state index contributed by atoms with van der Waals surface area (Å²) in [6.45, 7) is 0.797. The molecule has 2 aromatic carbocycles. The van der Waals surface area contributed by atoms with E-state index in [1.165, 1.54) is 18.4 Å². The van der Waals surface area contributed by atoms with Crippen molar-refractivity contribution in [2.24, 2.45) is 5.16 Å². The molecule has 8 heteroatoms. The van der Waals surface area contributed by atoms with Gasteiger partial charge in [-0.05, 0) is 48.0 Å². The molecule has 5 rings (SSSR count). The molecule has 1 amide bonds. The lowest BCUT2D eigenvalue weighted by atomic mass is 10.0. The SMILES string of the molecule is O=C(c1ccco1)N(Cc1ccc(F)cc1)CC1CC(c2ccc3c(c2)OCO3)=NO1. The molecule has 1 aromatic heterocycles. The first-order chi connectivity index (χ1) is 15.2. The van der Waals surface area contributed by atoms with E-state index in [2.05, 4.69) is 5.16 Å². The topological polar surface area (TPSA) is 73.5 Å². The Kier molecular flexibility index (Phi) is 5.03. The maximum Gasteiger partial charge on any atom is 0.289 e. The highest BCUT2D eigenvalue weighted by molar-refractivity contribution is 6.02. The van der Waals surface area contributed by atoms with Crippen LogP contribution in [-0.4, -0.2) is 36.0 Å². The van der Waals surface area contributed by atoms with Gasteiger partial charge in [-0.1, -0.05) is 17.3 Å². The summed E-state index contributed by atoms with van der Waals surface area (Å²) in [5, 5.41) is 4.22. The molecule has 1 atom stereocenters. The van der Waals surface area contributed by atoms with Gasteiger partial charge in [0.1, 0.15) is 5.82 Å². The molecule has 0 spiro atoms. The van der Waals surface area contributed by atoms with Crippen molar-refractivity contribution in [1.82, 2.24) is 4.90 Å². The van der Waals surface area contributed by atoms with Crippen LogP contribution in [0.4, 0.5) is 4.39 Å². The van der Waals surface area contributed by atoms with Gasteiger partial charge < -0.3 is 23.6 Å². The molecule has 1 unspecified atom stereocenters. The van der Waals surface area contributed by atoms with E-state index in [4.69, 9.17) is 18.7 Å². The van der Waals surface area contributed by atoms with Gasteiger partial charge in [-0.2, -0.15) is 0 Å². The third kappa shape index (κ3) is 4.09. The van der Waals surface area contributed by atoms with Crippen LogP contribution >= 0.6 is 0 Å². The van der Waals surface area contributed by atoms with Gasteiger partial charge in [-0.3, -0.25) is 4.79 Å². The van der Waals surface area contributed by atoms with Crippen molar-refractivity contribution in [2.45, 2.75) is 19.1 Å². The number of oxime groups is 1. The first kappa shape index (κ1) is 19.2. The van der Waals surface area contributed by atoms with Gasteiger partial charge in [0.15, 0.2) is 23.4 Å². The molecule has 2 aliphatic heterocycles. The molecule has 0 saturated carbocycles. The van der Waals surface area contributed by atoms with E-state index in [1.807, 2.05) is 18.2 Å². The number of hydrogen-bond donors (Lipinski definition) is 0. The van der Waals surface area contributed by atoms with Gasteiger partial charge >= 0.3 is 0 Å². The molecule has 158 valence electrons. The van der Waals surface area contributed by atoms with Crippen molar-refractivity contribution < 1.29 is 27.9 Å². The lowest BCUT2D eigenvalue weighted by Crippen LogP contribution is -2.37. The highest BCUT2D eigenvalue weighted by Crippen LogP contribution is 2.33. The summed E-state index contributed by atoms with van der Waals surface area (Å²) >= 11 is 0. The first-order valence-electron chi connectivity index (χ1n) is 9.85. The normalized spacial score (nSPS) is 16.7. The van der Waals surface area contributed by atoms with Crippen LogP contribution in [0, 0.1) is 5.82 Å². The van der Waals surface area contributed by atoms with Crippen molar-refractivity contribution in [3.8, 4) is 11.5 Å². The van der Waals surface area contributed by atoms with E-state index in [0.29, 0.717) is 31.0 Å². The molecule has 0 fully saturated rings. The third-order valence-corrected chi connectivity index (χ3v) is 5.17. The Labute approximate surface area is 177 Å². The van der Waals surface area contributed by atoms with E-state index in [-0.39, 0.29) is 30.4 Å². The average molecular weight is 422 g/mol. The number of fused-ring (bicyclic) bond motifs is 1. The summed E-state index contributed by atoms with van der Waals surface area (Å²) in [7, 11) is 0. The zero-order chi connectivity index (χ0) is 21.2. The maximum absolute atomic E-state index is 13.3. The van der Waals surface area contributed by atoms with Crippen molar-refractivity contribution in [2.75, 3.05) is 13.3 Å². The predicted molar refractivity (Wildman–Crippen MR) is 108 cm³/mol. The van der Waals surface area contributed by atoms with E-state index in [9.17, 15) is 9.18 Å². The standard InChI is InChI=1S/C23H19FN2O5/c24-17-6-3-15(4-7-17)12-26(23(27)21-2-1-9-28-21)13-18-11-19(25-31-18)16-5-8-20-22(10-16)30-14-29-20/h1-10,18H,11-14H2. The molecule has 2 aliphatic rings. The van der Waals surface area contributed by atoms with Crippen LogP contribution in [-0.2, 0) is 11.4 Å². The first-order valence-corrected chi connectivity index (χ1v) is 9.85. The lowest BCUT2D eigenvalue weighted by molar-refractivity contribution is 0.0387. The van der Waals surface area contributed by atoms with E-state index in [0.717, 1.165) is 16.8 Å². The zero-order valence-corrected chi connectivity index (χ0v) is 16.5. The third-order valence-electron chi connectivity index (χ3n) is 5.17. The second-order valence-electron chi connectivity index (χ2n) is 7.33. The molecule has 7 nitrogen and oxygen atoms in total. The van der Waals surface area contributed by atoms with Crippen LogP contribution < -0.4 is 9.47 Å². The molecular formula is C23H19FN2O5. The Morgan fingerprint density at radius 3 is 2.74 bits per heavy atom. The summed E-state index contributed by atoms with van der Waals surface area (Å²) in [5.74, 6) is 1.02. The van der Waals surface area contributed by atoms with E-state index < -0.39 is 0 Å². The molecule has 0 bridgehead atoms. The molecule has 0 N–H and O–H groups in total. The number of furan rings is 1. The molecule has 3 heterocycles. The number of amides is 1. The second kappa shape index (κ2) is 8.14. The van der Waals surface area contributed by atoms with Crippen molar-refractivity contribution in [3.63, 3.8) is 0 Å². The Morgan fingerprint density at radius 1 is 1.10 bits per heavy atom. The van der Waals surface area contributed by atoms with Gasteiger partial charge in [0.25, 0.3) is 5.91 Å². The van der Waals surface area contributed by atoms with Gasteiger partial charge in [0.05, 0.1) is 18.5 Å². The molecular weight excluding hydrogens is 403 g/mol. The number of benzene rings is 2. The van der Waals surface area contributed by atoms with Crippen molar-refractivity contribution in [1.29, 1.82) is 0 Å². The Hall–Kier alpha value is -3.81. The van der Waals surface area contributed by atoms with Crippen LogP contribution in [0.25, 0.3) is 0 Å². The number of halogens is 1. The smallest absolute Gasteiger partial charge is 0.289 e. The number of nitrogens with zero attached hydrogens (tertiary/aromatic N) is 2. The number of ether oxygens (including phenoxy) is 2. The highest BCUT2D eigenvalue weighted by atomic mass is 19.1. The molecule has 31 heavy (non-hydrogen) atoms. The van der Waals surface area contributed by atoms with Gasteiger partial charge in [0, 0.05) is 18.5 Å². The summed E-state index contributed by atoms with van der Waals surface area (Å²) in [6, 6.07) is 15.0. The van der Waals surface area contributed by atoms with Crippen LogP contribution in [0.1, 0.15) is 28.1 Å². The van der Waals surface area contributed by atoms with E-state index in [1.54, 1.807) is 29.2 Å². The van der Waals surface area contributed by atoms with Gasteiger partial charge in [-0.25, -0.2) is 4.39 Å². The highest BCUT2D eigenvalue weighted by Gasteiger charge is 2.29. The van der Waals surface area contributed by atoms with Crippen LogP contribution in [0.15, 0.2) is 70.4 Å². The fraction of sp³-hybridized carbons (Fsp3) is 0.217. The van der Waals surface area contributed by atoms with Crippen molar-refractivity contribution >= 4 is 11.6 Å². The fourth-order valence-electron chi connectivity index (χ4n) is 3.60. The number of rotatable bonds is 6. The molecule has 0 radical (unpaired) electrons. The number of carbonyl (C=O) groups is 1. The van der Waals surface area contributed by atoms with Crippen LogP contribution in [0.3, 0.4) is 0 Å². The fourth-order valence-corrected chi connectivity index (χ4v) is 3.60. The minimum atomic E-state index is -0.325. The molecule has 3 aromatic rings. The monoisotopic (exact) mass is 422 g/mol. The molecule has 0 saturated heterocycles. The maximum atomic E-state index is 13.3. The summed E-state index contributed by atoms with van der Waals surface area (Å²) < 4.78 is 29.3. The summed E-state index contributed by atoms with van der Waals surface area (Å²) in [4.78, 5) is 20.2. The lowest BCUT2D eigenvalue weighted by Gasteiger charge is -2.24. The zero-order valence-electron chi connectivity index (χ0n) is 16.5. The summed E-state index contributed by atoms with van der Waals surface area (Å²) in [5.41, 5.74) is 2.46. The average Bonchev–Trinajstić information content (AvgIpc) is 3.55. The Bertz CT molecular complexity index is 1110. The Morgan fingerprint density at radius 2 is 1.94 bits per heavy atom. The predicted octanol–water partition coefficient (Wildman–Crippen LogP) is 3.98.